The lowest BCUT2D eigenvalue weighted by Gasteiger charge is -2.32. The molecule has 180 valence electrons. The van der Waals surface area contributed by atoms with Gasteiger partial charge in [-0.3, -0.25) is 9.59 Å². The first-order valence-electron chi connectivity index (χ1n) is 12.0. The summed E-state index contributed by atoms with van der Waals surface area (Å²) in [6, 6.07) is 16.8. The molecule has 0 aromatic heterocycles. The number of ether oxygens (including phenoxy) is 1. The Morgan fingerprint density at radius 1 is 1.06 bits per heavy atom. The average molecular weight is 474 g/mol. The summed E-state index contributed by atoms with van der Waals surface area (Å²) in [5.41, 5.74) is 6.23. The number of halogens is 1. The molecule has 5 rings (SSSR count). The van der Waals surface area contributed by atoms with Crippen LogP contribution in [0.25, 0.3) is 11.1 Å². The second kappa shape index (κ2) is 9.53. The molecule has 2 aliphatic rings. The SMILES string of the molecule is COc1cc(CC(=O)O)ccc1-c1ccc(F)c2c1CN(C(=O)CC1CCc3ccccc31)CC2. The first-order valence-corrected chi connectivity index (χ1v) is 12.0. The summed E-state index contributed by atoms with van der Waals surface area (Å²) in [5, 5.41) is 9.12. The molecule has 1 unspecified atom stereocenters. The largest absolute Gasteiger partial charge is 0.496 e. The van der Waals surface area contributed by atoms with Gasteiger partial charge < -0.3 is 14.7 Å². The summed E-state index contributed by atoms with van der Waals surface area (Å²) in [7, 11) is 1.54. The van der Waals surface area contributed by atoms with E-state index in [1.807, 2.05) is 23.1 Å². The molecule has 1 amide bonds. The van der Waals surface area contributed by atoms with Crippen molar-refractivity contribution in [1.82, 2.24) is 4.90 Å². The lowest BCUT2D eigenvalue weighted by atomic mass is 9.89. The van der Waals surface area contributed by atoms with E-state index in [0.717, 1.165) is 29.5 Å². The lowest BCUT2D eigenvalue weighted by Crippen LogP contribution is -2.37. The summed E-state index contributed by atoms with van der Waals surface area (Å²) in [5.74, 6) is -0.325. The van der Waals surface area contributed by atoms with Crippen LogP contribution in [0.1, 0.15) is 46.6 Å². The van der Waals surface area contributed by atoms with Crippen LogP contribution in [0.3, 0.4) is 0 Å². The van der Waals surface area contributed by atoms with Crippen LogP contribution >= 0.6 is 0 Å². The highest BCUT2D eigenvalue weighted by molar-refractivity contribution is 5.80. The fourth-order valence-corrected chi connectivity index (χ4v) is 5.54. The molecule has 0 radical (unpaired) electrons. The van der Waals surface area contributed by atoms with Gasteiger partial charge >= 0.3 is 5.97 Å². The maximum atomic E-state index is 14.8. The van der Waals surface area contributed by atoms with E-state index in [1.165, 1.54) is 24.3 Å². The van der Waals surface area contributed by atoms with Crippen molar-refractivity contribution in [3.63, 3.8) is 0 Å². The predicted octanol–water partition coefficient (Wildman–Crippen LogP) is 5.13. The number of fused-ring (bicyclic) bond motifs is 2. The molecule has 0 fully saturated rings. The van der Waals surface area contributed by atoms with Crippen molar-refractivity contribution in [1.29, 1.82) is 0 Å². The van der Waals surface area contributed by atoms with Gasteiger partial charge in [-0.15, -0.1) is 0 Å². The molecule has 0 saturated heterocycles. The van der Waals surface area contributed by atoms with Gasteiger partial charge in [0.1, 0.15) is 11.6 Å². The third kappa shape index (κ3) is 4.53. The van der Waals surface area contributed by atoms with E-state index in [1.54, 1.807) is 18.2 Å². The van der Waals surface area contributed by atoms with E-state index in [2.05, 4.69) is 12.1 Å². The monoisotopic (exact) mass is 473 g/mol. The van der Waals surface area contributed by atoms with E-state index in [-0.39, 0.29) is 24.1 Å². The van der Waals surface area contributed by atoms with E-state index < -0.39 is 5.97 Å². The highest BCUT2D eigenvalue weighted by Gasteiger charge is 2.30. The number of methoxy groups -OCH3 is 1. The zero-order valence-electron chi connectivity index (χ0n) is 19.7. The Kier molecular flexibility index (Phi) is 6.29. The van der Waals surface area contributed by atoms with Gasteiger partial charge in [0.05, 0.1) is 13.5 Å². The normalized spacial score (nSPS) is 16.5. The van der Waals surface area contributed by atoms with Crippen molar-refractivity contribution in [2.24, 2.45) is 0 Å². The van der Waals surface area contributed by atoms with Gasteiger partial charge in [0.15, 0.2) is 0 Å². The Morgan fingerprint density at radius 2 is 1.86 bits per heavy atom. The number of nitrogens with zero attached hydrogens (tertiary/aromatic N) is 1. The number of rotatable bonds is 6. The number of carboxylic acids is 1. The van der Waals surface area contributed by atoms with Gasteiger partial charge in [0.2, 0.25) is 5.91 Å². The number of aryl methyl sites for hydroxylation is 1. The molecule has 3 aromatic rings. The minimum absolute atomic E-state index is 0.0938. The number of aliphatic carboxylic acids is 1. The zero-order valence-corrected chi connectivity index (χ0v) is 19.7. The Balaban J connectivity index is 1.42. The molecule has 1 heterocycles. The van der Waals surface area contributed by atoms with E-state index >= 15 is 0 Å². The first-order chi connectivity index (χ1) is 16.9. The topological polar surface area (TPSA) is 66.8 Å². The first kappa shape index (κ1) is 23.1. The van der Waals surface area contributed by atoms with Gasteiger partial charge in [0, 0.05) is 25.1 Å². The number of carbonyl (C=O) groups is 2. The molecule has 1 aliphatic heterocycles. The van der Waals surface area contributed by atoms with Crippen molar-refractivity contribution < 1.29 is 23.8 Å². The number of benzene rings is 3. The summed E-state index contributed by atoms with van der Waals surface area (Å²) >= 11 is 0. The minimum Gasteiger partial charge on any atom is -0.496 e. The summed E-state index contributed by atoms with van der Waals surface area (Å²) in [4.78, 5) is 26.3. The molecule has 1 atom stereocenters. The second-order valence-electron chi connectivity index (χ2n) is 9.36. The van der Waals surface area contributed by atoms with Crippen LogP contribution in [-0.2, 0) is 35.4 Å². The third-order valence-corrected chi connectivity index (χ3v) is 7.30. The lowest BCUT2D eigenvalue weighted by molar-refractivity contribution is -0.136. The molecule has 0 spiro atoms. The van der Waals surface area contributed by atoms with Gasteiger partial charge in [-0.05, 0) is 70.7 Å². The number of amides is 1. The molecule has 3 aromatic carbocycles. The van der Waals surface area contributed by atoms with Crippen LogP contribution in [0.15, 0.2) is 54.6 Å². The molecule has 5 nitrogen and oxygen atoms in total. The summed E-state index contributed by atoms with van der Waals surface area (Å²) < 4.78 is 20.4. The average Bonchev–Trinajstić information content (AvgIpc) is 3.26. The van der Waals surface area contributed by atoms with Crippen molar-refractivity contribution in [3.05, 3.63) is 88.2 Å². The molecule has 35 heavy (non-hydrogen) atoms. The summed E-state index contributed by atoms with van der Waals surface area (Å²) in [6.45, 7) is 0.838. The van der Waals surface area contributed by atoms with E-state index in [0.29, 0.717) is 42.8 Å². The van der Waals surface area contributed by atoms with Gasteiger partial charge in [-0.25, -0.2) is 4.39 Å². The summed E-state index contributed by atoms with van der Waals surface area (Å²) in [6.07, 6.45) is 2.80. The minimum atomic E-state index is -0.919. The molecular weight excluding hydrogens is 445 g/mol. The van der Waals surface area contributed by atoms with Crippen LogP contribution in [0.5, 0.6) is 5.75 Å². The molecular formula is C29H28FNO4. The zero-order chi connectivity index (χ0) is 24.5. The standard InChI is InChI=1S/C29H28FNO4/c1-35-27-14-18(15-29(33)34)6-9-24(27)22-10-11-26(30)23-12-13-31(17-25(22)23)28(32)16-20-8-7-19-4-2-3-5-21(19)20/h2-6,9-11,14,20H,7-8,12-13,15-17H2,1H3,(H,33,34). The van der Waals surface area contributed by atoms with Crippen LogP contribution in [0, 0.1) is 5.82 Å². The van der Waals surface area contributed by atoms with Crippen molar-refractivity contribution >= 4 is 11.9 Å². The maximum absolute atomic E-state index is 14.8. The Labute approximate surface area is 204 Å². The number of hydrogen-bond donors (Lipinski definition) is 1. The van der Waals surface area contributed by atoms with Crippen molar-refractivity contribution in [2.45, 2.75) is 44.6 Å². The second-order valence-corrected chi connectivity index (χ2v) is 9.36. The fourth-order valence-electron chi connectivity index (χ4n) is 5.54. The number of carbonyl (C=O) groups excluding carboxylic acids is 1. The highest BCUT2D eigenvalue weighted by Crippen LogP contribution is 2.39. The van der Waals surface area contributed by atoms with Crippen LogP contribution in [-0.4, -0.2) is 35.5 Å². The van der Waals surface area contributed by atoms with Gasteiger partial charge in [-0.1, -0.05) is 42.5 Å². The predicted molar refractivity (Wildman–Crippen MR) is 131 cm³/mol. The molecule has 0 saturated carbocycles. The van der Waals surface area contributed by atoms with Crippen LogP contribution in [0.2, 0.25) is 0 Å². The Bertz CT molecular complexity index is 1300. The third-order valence-electron chi connectivity index (χ3n) is 7.30. The van der Waals surface area contributed by atoms with Crippen LogP contribution in [0.4, 0.5) is 4.39 Å². The number of carboxylic acid groups (broad SMARTS) is 1. The Morgan fingerprint density at radius 3 is 2.66 bits per heavy atom. The molecule has 6 heteroatoms. The fraction of sp³-hybridized carbons (Fsp3) is 0.310. The molecule has 1 aliphatic carbocycles. The number of hydrogen-bond acceptors (Lipinski definition) is 3. The van der Waals surface area contributed by atoms with Crippen molar-refractivity contribution in [2.75, 3.05) is 13.7 Å². The molecule has 0 bridgehead atoms. The smallest absolute Gasteiger partial charge is 0.307 e. The quantitative estimate of drug-likeness (QED) is 0.539. The van der Waals surface area contributed by atoms with Gasteiger partial charge in [-0.2, -0.15) is 0 Å². The molecule has 1 N–H and O–H groups in total. The van der Waals surface area contributed by atoms with Crippen molar-refractivity contribution in [3.8, 4) is 16.9 Å². The van der Waals surface area contributed by atoms with Crippen LogP contribution < -0.4 is 4.74 Å². The van der Waals surface area contributed by atoms with E-state index in [9.17, 15) is 14.0 Å². The van der Waals surface area contributed by atoms with Gasteiger partial charge in [0.25, 0.3) is 0 Å². The highest BCUT2D eigenvalue weighted by atomic mass is 19.1. The Hall–Kier alpha value is -3.67. The van der Waals surface area contributed by atoms with E-state index in [4.69, 9.17) is 9.84 Å². The maximum Gasteiger partial charge on any atom is 0.307 e.